The largest absolute Gasteiger partial charge is 0.353 e. The van der Waals surface area contributed by atoms with Gasteiger partial charge in [0.05, 0.1) is 17.6 Å². The average molecular weight is 772 g/mol. The van der Waals surface area contributed by atoms with Crippen molar-refractivity contribution in [1.29, 1.82) is 0 Å². The van der Waals surface area contributed by atoms with Crippen molar-refractivity contribution < 1.29 is 27.6 Å². The molecule has 0 aliphatic carbocycles. The number of amides is 4. The number of likely N-dealkylation sites (tertiary alicyclic amines) is 1. The van der Waals surface area contributed by atoms with Crippen LogP contribution in [0.25, 0.3) is 11.0 Å². The highest BCUT2D eigenvalue weighted by molar-refractivity contribution is 5.96. The molecule has 1 saturated heterocycles. The third-order valence-corrected chi connectivity index (χ3v) is 9.68. The van der Waals surface area contributed by atoms with Crippen LogP contribution in [0.5, 0.6) is 0 Å². The minimum absolute atomic E-state index is 0.0894. The molecule has 0 bridgehead atoms. The molecule has 16 heteroatoms. The van der Waals surface area contributed by atoms with Crippen LogP contribution in [0.15, 0.2) is 90.0 Å². The number of anilines is 1. The first-order chi connectivity index (χ1) is 27.1. The third kappa shape index (κ3) is 10.2. The maximum absolute atomic E-state index is 14.2. The molecule has 3 aromatic carbocycles. The molecule has 5 aromatic rings. The van der Waals surface area contributed by atoms with Crippen molar-refractivity contribution in [2.24, 2.45) is 5.73 Å². The second-order valence-electron chi connectivity index (χ2n) is 13.7. The van der Waals surface area contributed by atoms with Gasteiger partial charge in [-0.15, -0.1) is 0 Å². The number of benzene rings is 3. The van der Waals surface area contributed by atoms with E-state index >= 15 is 0 Å². The summed E-state index contributed by atoms with van der Waals surface area (Å²) in [6.45, 7) is 3.55. The molecule has 0 saturated carbocycles. The molecule has 1 aliphatic heterocycles. The molecule has 0 radical (unpaired) electrons. The van der Waals surface area contributed by atoms with Crippen LogP contribution in [0.2, 0.25) is 0 Å². The number of nitrogens with one attached hydrogen (secondary N) is 4. The topological polar surface area (TPSA) is 168 Å². The van der Waals surface area contributed by atoms with E-state index in [0.29, 0.717) is 40.9 Å². The van der Waals surface area contributed by atoms with Crippen molar-refractivity contribution >= 4 is 34.6 Å². The molecular formula is C40H44F3N9O4. The summed E-state index contributed by atoms with van der Waals surface area (Å²) in [6.07, 6.45) is 5.15. The van der Waals surface area contributed by atoms with Crippen molar-refractivity contribution in [2.45, 2.75) is 50.9 Å². The van der Waals surface area contributed by atoms with Gasteiger partial charge in [0.2, 0.25) is 11.8 Å². The fourth-order valence-corrected chi connectivity index (χ4v) is 6.78. The second kappa shape index (κ2) is 18.6. The van der Waals surface area contributed by atoms with E-state index in [0.717, 1.165) is 38.1 Å². The first-order valence-electron chi connectivity index (χ1n) is 18.5. The first-order valence-corrected chi connectivity index (χ1v) is 18.5. The number of aromatic nitrogens is 3. The maximum atomic E-state index is 14.2. The molecule has 56 heavy (non-hydrogen) atoms. The lowest BCUT2D eigenvalue weighted by Gasteiger charge is -2.23. The molecule has 13 nitrogen and oxygen atoms in total. The number of nitrogens with two attached hydrogens (primary N) is 1. The van der Waals surface area contributed by atoms with Crippen molar-refractivity contribution in [3.8, 4) is 0 Å². The second-order valence-corrected chi connectivity index (χ2v) is 13.7. The molecule has 0 spiro atoms. The Balaban J connectivity index is 1.25. The lowest BCUT2D eigenvalue weighted by molar-refractivity contribution is -0.129. The summed E-state index contributed by atoms with van der Waals surface area (Å²) in [6, 6.07) is 14.1. The molecule has 6 N–H and O–H groups in total. The summed E-state index contributed by atoms with van der Waals surface area (Å²) < 4.78 is 45.0. The Morgan fingerprint density at radius 1 is 0.732 bits per heavy atom. The van der Waals surface area contributed by atoms with Gasteiger partial charge in [-0.3, -0.25) is 23.7 Å². The van der Waals surface area contributed by atoms with Gasteiger partial charge in [0, 0.05) is 57.1 Å². The number of carbonyl (C=O) groups is 3. The number of carbonyl (C=O) groups excluding carboxylic acids is 3. The number of urea groups is 1. The molecule has 1 fully saturated rings. The molecule has 4 amide bonds. The minimum Gasteiger partial charge on any atom is -0.353 e. The summed E-state index contributed by atoms with van der Waals surface area (Å²) in [7, 11) is 0. The molecule has 3 heterocycles. The molecule has 2 atom stereocenters. The quantitative estimate of drug-likeness (QED) is 0.103. The van der Waals surface area contributed by atoms with Crippen LogP contribution in [0.1, 0.15) is 29.5 Å². The number of halogens is 3. The van der Waals surface area contributed by atoms with Crippen LogP contribution in [0.4, 0.5) is 23.7 Å². The number of rotatable bonds is 16. The zero-order valence-corrected chi connectivity index (χ0v) is 30.6. The van der Waals surface area contributed by atoms with Crippen molar-refractivity contribution in [1.82, 2.24) is 35.0 Å². The van der Waals surface area contributed by atoms with Gasteiger partial charge in [-0.05, 0) is 97.2 Å². The predicted octanol–water partition coefficient (Wildman–Crippen LogP) is 3.29. The van der Waals surface area contributed by atoms with E-state index in [9.17, 15) is 32.3 Å². The van der Waals surface area contributed by atoms with Crippen LogP contribution in [-0.4, -0.2) is 81.7 Å². The normalized spacial score (nSPS) is 14.0. The fraction of sp³-hybridized carbons (Fsp3) is 0.325. The fourth-order valence-electron chi connectivity index (χ4n) is 6.78. The maximum Gasteiger partial charge on any atom is 0.329 e. The van der Waals surface area contributed by atoms with Crippen molar-refractivity contribution in [2.75, 3.05) is 38.0 Å². The molecule has 294 valence electrons. The first kappa shape index (κ1) is 39.7. The smallest absolute Gasteiger partial charge is 0.329 e. The summed E-state index contributed by atoms with van der Waals surface area (Å²) in [5.41, 5.74) is 8.40. The van der Waals surface area contributed by atoms with Crippen molar-refractivity contribution in [3.63, 3.8) is 0 Å². The lowest BCUT2D eigenvalue weighted by atomic mass is 10.0. The van der Waals surface area contributed by atoms with Gasteiger partial charge in [-0.1, -0.05) is 18.2 Å². The predicted molar refractivity (Wildman–Crippen MR) is 205 cm³/mol. The van der Waals surface area contributed by atoms with E-state index in [2.05, 4.69) is 31.2 Å². The number of fused-ring (bicyclic) bond motifs is 1. The van der Waals surface area contributed by atoms with Gasteiger partial charge in [-0.25, -0.2) is 22.8 Å². The lowest BCUT2D eigenvalue weighted by Crippen LogP contribution is -2.56. The number of imidazole rings is 1. The molecule has 2 aromatic heterocycles. The van der Waals surface area contributed by atoms with Gasteiger partial charge < -0.3 is 31.9 Å². The van der Waals surface area contributed by atoms with Crippen LogP contribution in [-0.2, 0) is 35.5 Å². The third-order valence-electron chi connectivity index (χ3n) is 9.68. The summed E-state index contributed by atoms with van der Waals surface area (Å²) >= 11 is 0. The Bertz CT molecular complexity index is 2210. The highest BCUT2D eigenvalue weighted by Gasteiger charge is 2.28. The zero-order valence-electron chi connectivity index (χ0n) is 30.6. The monoisotopic (exact) mass is 771 g/mol. The number of nitrogens with zero attached hydrogens (tertiary/aromatic N) is 4. The van der Waals surface area contributed by atoms with E-state index in [1.54, 1.807) is 64.0 Å². The van der Waals surface area contributed by atoms with Crippen LogP contribution in [0.3, 0.4) is 0 Å². The van der Waals surface area contributed by atoms with E-state index in [1.807, 2.05) is 0 Å². The van der Waals surface area contributed by atoms with E-state index in [-0.39, 0.29) is 43.7 Å². The Morgan fingerprint density at radius 2 is 1.43 bits per heavy atom. The number of hydrogen-bond donors (Lipinski definition) is 5. The van der Waals surface area contributed by atoms with E-state index in [4.69, 9.17) is 5.73 Å². The van der Waals surface area contributed by atoms with E-state index in [1.165, 1.54) is 18.2 Å². The number of hydrogen-bond acceptors (Lipinski definition) is 7. The van der Waals surface area contributed by atoms with Gasteiger partial charge in [-0.2, -0.15) is 0 Å². The molecular weight excluding hydrogens is 727 g/mol. The Labute approximate surface area is 321 Å². The number of pyridine rings is 1. The summed E-state index contributed by atoms with van der Waals surface area (Å²) in [5, 5.41) is 10.7. The van der Waals surface area contributed by atoms with Gasteiger partial charge in [0.25, 0.3) is 0 Å². The van der Waals surface area contributed by atoms with Crippen LogP contribution in [0, 0.1) is 17.5 Å². The Hall–Kier alpha value is -6.00. The summed E-state index contributed by atoms with van der Waals surface area (Å²) in [4.78, 5) is 60.7. The summed E-state index contributed by atoms with van der Waals surface area (Å²) in [5.74, 6) is -3.88. The average Bonchev–Trinajstić information content (AvgIpc) is 3.80. The molecule has 6 rings (SSSR count). The van der Waals surface area contributed by atoms with Gasteiger partial charge >= 0.3 is 11.7 Å². The Kier molecular flexibility index (Phi) is 13.2. The Morgan fingerprint density at radius 3 is 2.14 bits per heavy atom. The zero-order chi connectivity index (χ0) is 39.6. The minimum atomic E-state index is -1.35. The van der Waals surface area contributed by atoms with Gasteiger partial charge in [0.1, 0.15) is 17.9 Å². The van der Waals surface area contributed by atoms with Crippen LogP contribution < -0.4 is 32.7 Å². The molecule has 1 aliphatic rings. The van der Waals surface area contributed by atoms with E-state index < -0.39 is 47.4 Å². The SMILES string of the molecule is NCCNC(=O)[C@H](Cc1ccncc1)NC(=O)[C@H](Cc1ccc(F)c(F)c1)NC(=O)Nc1ccc2c(c1)n(Cc1ccc(F)cc1)c(=O)n2CCN1CCCC1. The van der Waals surface area contributed by atoms with Crippen molar-refractivity contribution in [3.05, 3.63) is 130 Å². The highest BCUT2D eigenvalue weighted by Crippen LogP contribution is 2.21. The highest BCUT2D eigenvalue weighted by atomic mass is 19.2. The van der Waals surface area contributed by atoms with Gasteiger partial charge in [0.15, 0.2) is 11.6 Å². The van der Waals surface area contributed by atoms with Crippen LogP contribution >= 0.6 is 0 Å². The molecule has 0 unspecified atom stereocenters. The standard InChI is InChI=1S/C40H44F3N9O4/c41-29-6-3-27(4-7-29)25-52-36-24-30(8-10-35(36)51(40(52)56)20-19-50-17-1-2-18-50)47-39(55)49-34(23-28-5-9-31(42)32(43)21-28)38(54)48-33(37(53)46-16-13-44)22-26-11-14-45-15-12-26/h3-12,14-15,21,24,33-34H,1-2,13,16-20,22-23,25,44H2,(H,46,53)(H,48,54)(H2,47,49,55)/t33-,34-/m0/s1.